The molecule has 13 heteroatoms. The summed E-state index contributed by atoms with van der Waals surface area (Å²) in [5.41, 5.74) is 2.51. The number of methoxy groups -OCH3 is 1. The van der Waals surface area contributed by atoms with Crippen LogP contribution in [0.5, 0.6) is 5.75 Å². The van der Waals surface area contributed by atoms with Crippen molar-refractivity contribution >= 4 is 22.6 Å². The maximum atomic E-state index is 14.4. The fraction of sp³-hybridized carbons (Fsp3) is 0.471. The number of aryl methyl sites for hydroxylation is 1. The number of carbonyl (C=O) groups excluding carboxylic acids is 1. The Kier molecular flexibility index (Phi) is 9.53. The van der Waals surface area contributed by atoms with Gasteiger partial charge >= 0.3 is 18.3 Å². The zero-order valence-electron chi connectivity index (χ0n) is 26.3. The molecule has 5 rings (SSSR count). The zero-order chi connectivity index (χ0) is 34.3. The molecule has 47 heavy (non-hydrogen) atoms. The lowest BCUT2D eigenvalue weighted by Crippen LogP contribution is -2.59. The number of hydrogen-bond donors (Lipinski definition) is 2. The van der Waals surface area contributed by atoms with Crippen molar-refractivity contribution in [2.24, 2.45) is 5.41 Å². The summed E-state index contributed by atoms with van der Waals surface area (Å²) in [6.07, 6.45) is -11.0. The second-order valence-electron chi connectivity index (χ2n) is 12.6. The molecule has 2 aliphatic heterocycles. The molecule has 0 radical (unpaired) electrons. The van der Waals surface area contributed by atoms with Crippen molar-refractivity contribution in [3.8, 4) is 16.9 Å². The van der Waals surface area contributed by atoms with Gasteiger partial charge in [-0.3, -0.25) is 9.69 Å². The quantitative estimate of drug-likeness (QED) is 0.282. The van der Waals surface area contributed by atoms with E-state index in [1.165, 1.54) is 5.56 Å². The van der Waals surface area contributed by atoms with Crippen LogP contribution < -0.4 is 10.1 Å². The molecule has 3 aromatic carbocycles. The molecule has 254 valence electrons. The number of amides is 1. The van der Waals surface area contributed by atoms with Crippen molar-refractivity contribution in [1.82, 2.24) is 15.1 Å². The fourth-order valence-electron chi connectivity index (χ4n) is 6.99. The normalized spacial score (nSPS) is 18.1. The number of halogens is 6. The highest BCUT2D eigenvalue weighted by Crippen LogP contribution is 2.47. The summed E-state index contributed by atoms with van der Waals surface area (Å²) in [4.78, 5) is 28.6. The number of benzene rings is 3. The molecule has 1 fully saturated rings. The van der Waals surface area contributed by atoms with E-state index in [1.807, 2.05) is 32.2 Å². The number of carbonyl (C=O) groups is 2. The molecule has 1 amide bonds. The molecular formula is C34H37F6N3O4. The molecule has 0 spiro atoms. The van der Waals surface area contributed by atoms with Crippen LogP contribution in [0.4, 0.5) is 26.3 Å². The van der Waals surface area contributed by atoms with Crippen molar-refractivity contribution in [1.29, 1.82) is 0 Å². The van der Waals surface area contributed by atoms with Crippen LogP contribution in [0.25, 0.3) is 21.9 Å². The van der Waals surface area contributed by atoms with Crippen LogP contribution in [0.3, 0.4) is 0 Å². The maximum Gasteiger partial charge on any atom is 0.403 e. The van der Waals surface area contributed by atoms with Gasteiger partial charge in [0.05, 0.1) is 13.7 Å². The third-order valence-corrected chi connectivity index (χ3v) is 9.47. The molecule has 2 heterocycles. The van der Waals surface area contributed by atoms with E-state index in [1.54, 1.807) is 25.3 Å². The number of fused-ring (bicyclic) bond motifs is 2. The lowest BCUT2D eigenvalue weighted by atomic mass is 9.76. The highest BCUT2D eigenvalue weighted by atomic mass is 19.4. The van der Waals surface area contributed by atoms with E-state index < -0.39 is 68.2 Å². The number of hydrogen-bond acceptors (Lipinski definition) is 5. The summed E-state index contributed by atoms with van der Waals surface area (Å²) in [6.45, 7) is 1.02. The molecule has 1 saturated heterocycles. The van der Waals surface area contributed by atoms with E-state index in [0.717, 1.165) is 51.3 Å². The average Bonchev–Trinajstić information content (AvgIpc) is 2.99. The van der Waals surface area contributed by atoms with E-state index in [-0.39, 0.29) is 6.42 Å². The number of alkyl halides is 6. The van der Waals surface area contributed by atoms with E-state index in [9.17, 15) is 41.0 Å². The number of likely N-dealkylation sites (N-methyl/N-ethyl adjacent to an activating group) is 1. The van der Waals surface area contributed by atoms with Gasteiger partial charge in [0.2, 0.25) is 5.91 Å². The highest BCUT2D eigenvalue weighted by molar-refractivity contribution is 6.01. The smallest absolute Gasteiger partial charge is 0.403 e. The predicted molar refractivity (Wildman–Crippen MR) is 164 cm³/mol. The van der Waals surface area contributed by atoms with Gasteiger partial charge in [-0.25, -0.2) is 4.79 Å². The number of nitrogens with one attached hydrogen (secondary N) is 1. The molecule has 0 aliphatic carbocycles. The monoisotopic (exact) mass is 665 g/mol. The van der Waals surface area contributed by atoms with Gasteiger partial charge in [-0.05, 0) is 79.3 Å². The first-order valence-corrected chi connectivity index (χ1v) is 15.3. The van der Waals surface area contributed by atoms with Crippen LogP contribution >= 0.6 is 0 Å². The van der Waals surface area contributed by atoms with Gasteiger partial charge in [-0.15, -0.1) is 0 Å². The Balaban J connectivity index is 1.46. The Morgan fingerprint density at radius 1 is 1.02 bits per heavy atom. The Morgan fingerprint density at radius 3 is 2.30 bits per heavy atom. The number of aliphatic carboxylic acids is 1. The van der Waals surface area contributed by atoms with Crippen LogP contribution in [0.2, 0.25) is 0 Å². The fourth-order valence-corrected chi connectivity index (χ4v) is 6.99. The molecule has 0 aromatic heterocycles. The SMILES string of the molecule is COc1c2c(cc(C)c1-c1cccc3c(C[C@H](NC(=O)C4(C(F)(F)F)CCN(CC(F)(F)F)CC4)C(=O)O)cccc13)CCN(C)C2. The van der Waals surface area contributed by atoms with Crippen molar-refractivity contribution < 1.29 is 45.8 Å². The summed E-state index contributed by atoms with van der Waals surface area (Å²) in [6, 6.07) is 11.2. The first kappa shape index (κ1) is 34.5. The predicted octanol–water partition coefficient (Wildman–Crippen LogP) is 6.13. The summed E-state index contributed by atoms with van der Waals surface area (Å²) in [5.74, 6) is -2.34. The molecule has 0 unspecified atom stereocenters. The maximum absolute atomic E-state index is 14.4. The van der Waals surface area contributed by atoms with Crippen LogP contribution in [0.1, 0.15) is 35.1 Å². The second kappa shape index (κ2) is 13.0. The van der Waals surface area contributed by atoms with Gasteiger partial charge in [0.15, 0.2) is 0 Å². The molecule has 0 saturated carbocycles. The van der Waals surface area contributed by atoms with E-state index in [0.29, 0.717) is 17.5 Å². The molecule has 2 aliphatic rings. The summed E-state index contributed by atoms with van der Waals surface area (Å²) >= 11 is 0. The number of piperidine rings is 1. The number of likely N-dealkylation sites (tertiary alicyclic amines) is 1. The molecule has 2 N–H and O–H groups in total. The van der Waals surface area contributed by atoms with E-state index >= 15 is 0 Å². The lowest BCUT2D eigenvalue weighted by Gasteiger charge is -2.42. The highest BCUT2D eigenvalue weighted by Gasteiger charge is 2.61. The number of ether oxygens (including phenoxy) is 1. The van der Waals surface area contributed by atoms with Crippen LogP contribution in [-0.4, -0.2) is 85.5 Å². The topological polar surface area (TPSA) is 82.1 Å². The lowest BCUT2D eigenvalue weighted by molar-refractivity contribution is -0.236. The van der Waals surface area contributed by atoms with Crippen molar-refractivity contribution in [2.45, 2.75) is 57.5 Å². The molecular weight excluding hydrogens is 628 g/mol. The number of carboxylic acid groups (broad SMARTS) is 1. The molecule has 0 bridgehead atoms. The van der Waals surface area contributed by atoms with E-state index in [2.05, 4.69) is 16.3 Å². The van der Waals surface area contributed by atoms with Crippen molar-refractivity contribution in [3.63, 3.8) is 0 Å². The van der Waals surface area contributed by atoms with Gasteiger partial charge in [0, 0.05) is 30.6 Å². The second-order valence-corrected chi connectivity index (χ2v) is 12.6. The Hall–Kier alpha value is -3.84. The van der Waals surface area contributed by atoms with Gasteiger partial charge in [-0.2, -0.15) is 26.3 Å². The number of carboxylic acids is 1. The third kappa shape index (κ3) is 6.92. The molecule has 1 atom stereocenters. The van der Waals surface area contributed by atoms with Crippen LogP contribution in [0, 0.1) is 12.3 Å². The van der Waals surface area contributed by atoms with E-state index in [4.69, 9.17) is 4.74 Å². The third-order valence-electron chi connectivity index (χ3n) is 9.47. The van der Waals surface area contributed by atoms with Gasteiger partial charge < -0.3 is 20.1 Å². The van der Waals surface area contributed by atoms with Crippen LogP contribution in [0.15, 0.2) is 42.5 Å². The van der Waals surface area contributed by atoms with Crippen molar-refractivity contribution in [3.05, 3.63) is 64.7 Å². The first-order chi connectivity index (χ1) is 22.0. The number of nitrogens with zero attached hydrogens (tertiary/aromatic N) is 2. The average molecular weight is 666 g/mol. The minimum atomic E-state index is -5.10. The Labute approximate surface area is 268 Å². The van der Waals surface area contributed by atoms with Gasteiger partial charge in [0.1, 0.15) is 17.2 Å². The standard InChI is InChI=1S/C34H37F6N3O4/c1-20-16-22-10-13-42(2)18-26(22)29(47-3)28(20)25-9-5-7-23-21(6-4-8-24(23)25)17-27(30(44)45)41-31(46)32(34(38,39)40)11-14-43(15-12-32)19-33(35,36)37/h4-9,16,27H,10-15,17-19H2,1-3H3,(H,41,46)(H,44,45)/t27-/m0/s1. The minimum absolute atomic E-state index is 0.318. The first-order valence-electron chi connectivity index (χ1n) is 15.3. The Morgan fingerprint density at radius 2 is 1.68 bits per heavy atom. The largest absolute Gasteiger partial charge is 0.496 e. The summed E-state index contributed by atoms with van der Waals surface area (Å²) < 4.78 is 87.6. The van der Waals surface area contributed by atoms with Crippen molar-refractivity contribution in [2.75, 3.05) is 40.3 Å². The minimum Gasteiger partial charge on any atom is -0.496 e. The van der Waals surface area contributed by atoms with Crippen LogP contribution in [-0.2, 0) is 29.0 Å². The zero-order valence-corrected chi connectivity index (χ0v) is 26.3. The van der Waals surface area contributed by atoms with Gasteiger partial charge in [0.25, 0.3) is 0 Å². The summed E-state index contributed by atoms with van der Waals surface area (Å²) in [5, 5.41) is 13.6. The van der Waals surface area contributed by atoms with Gasteiger partial charge in [-0.1, -0.05) is 42.5 Å². The summed E-state index contributed by atoms with van der Waals surface area (Å²) in [7, 11) is 3.66. The molecule has 3 aromatic rings. The Bertz CT molecular complexity index is 1660. The molecule has 7 nitrogen and oxygen atoms in total. The number of rotatable bonds is 8.